The highest BCUT2D eigenvalue weighted by atomic mass is 16.4. The van der Waals surface area contributed by atoms with Crippen LogP contribution in [0.4, 0.5) is 5.69 Å². The Morgan fingerprint density at radius 2 is 1.48 bits per heavy atom. The van der Waals surface area contributed by atoms with Crippen molar-refractivity contribution in [3.8, 4) is 16.9 Å². The number of hydrogen-bond acceptors (Lipinski definition) is 4. The van der Waals surface area contributed by atoms with E-state index in [-0.39, 0.29) is 28.1 Å². The molecule has 132 valence electrons. The first-order chi connectivity index (χ1) is 13.0. The number of anilines is 1. The van der Waals surface area contributed by atoms with E-state index >= 15 is 0 Å². The van der Waals surface area contributed by atoms with Crippen LogP contribution >= 0.6 is 0 Å². The molecule has 0 saturated heterocycles. The first-order valence-electron chi connectivity index (χ1n) is 8.12. The lowest BCUT2D eigenvalue weighted by Gasteiger charge is -2.16. The van der Waals surface area contributed by atoms with Gasteiger partial charge in [0.1, 0.15) is 5.75 Å². The summed E-state index contributed by atoms with van der Waals surface area (Å²) in [7, 11) is 0. The van der Waals surface area contributed by atoms with E-state index in [0.29, 0.717) is 0 Å². The number of phenolic OH excluding ortho intramolecular Hbond substituents is 1. The standard InChI is InChI=1S/C21H13NO5/c23-18-9-7-13(12-4-2-1-3-5-12)11-17(18)22-19(24)15-8-6-14(21(26)27)10-16(15)20(22)25/h1-11,23H,(H,26,27). The molecular weight excluding hydrogens is 346 g/mol. The van der Waals surface area contributed by atoms with Crippen molar-refractivity contribution in [3.63, 3.8) is 0 Å². The van der Waals surface area contributed by atoms with Crippen molar-refractivity contribution in [2.24, 2.45) is 0 Å². The molecule has 3 aromatic rings. The molecule has 1 heterocycles. The molecule has 6 nitrogen and oxygen atoms in total. The van der Waals surface area contributed by atoms with Gasteiger partial charge < -0.3 is 10.2 Å². The number of aromatic hydroxyl groups is 1. The van der Waals surface area contributed by atoms with Crippen LogP contribution in [-0.2, 0) is 0 Å². The Balaban J connectivity index is 1.81. The number of aromatic carboxylic acids is 1. The molecule has 3 aromatic carbocycles. The highest BCUT2D eigenvalue weighted by Gasteiger charge is 2.38. The third-order valence-corrected chi connectivity index (χ3v) is 4.46. The van der Waals surface area contributed by atoms with Gasteiger partial charge in [-0.3, -0.25) is 9.59 Å². The summed E-state index contributed by atoms with van der Waals surface area (Å²) in [5, 5.41) is 19.4. The lowest BCUT2D eigenvalue weighted by atomic mass is 10.0. The van der Waals surface area contributed by atoms with Crippen LogP contribution in [0.3, 0.4) is 0 Å². The fourth-order valence-electron chi connectivity index (χ4n) is 3.11. The Morgan fingerprint density at radius 1 is 0.778 bits per heavy atom. The van der Waals surface area contributed by atoms with Crippen molar-refractivity contribution in [2.45, 2.75) is 0 Å². The average Bonchev–Trinajstić information content (AvgIpc) is 2.93. The van der Waals surface area contributed by atoms with Gasteiger partial charge in [0.2, 0.25) is 0 Å². The van der Waals surface area contributed by atoms with Crippen molar-refractivity contribution in [1.29, 1.82) is 0 Å². The SMILES string of the molecule is O=C(O)c1ccc2c(c1)C(=O)N(c1cc(-c3ccccc3)ccc1O)C2=O. The summed E-state index contributed by atoms with van der Waals surface area (Å²) in [6, 6.07) is 17.8. The molecule has 0 aliphatic carbocycles. The van der Waals surface area contributed by atoms with Crippen LogP contribution < -0.4 is 4.90 Å². The largest absolute Gasteiger partial charge is 0.506 e. The van der Waals surface area contributed by atoms with Crippen LogP contribution in [0.25, 0.3) is 11.1 Å². The minimum Gasteiger partial charge on any atom is -0.506 e. The van der Waals surface area contributed by atoms with E-state index in [0.717, 1.165) is 16.0 Å². The van der Waals surface area contributed by atoms with Crippen LogP contribution in [0, 0.1) is 0 Å². The Labute approximate surface area is 153 Å². The predicted octanol–water partition coefficient (Wildman–Crippen LogP) is 3.56. The first-order valence-corrected chi connectivity index (χ1v) is 8.12. The van der Waals surface area contributed by atoms with Crippen molar-refractivity contribution in [1.82, 2.24) is 0 Å². The summed E-state index contributed by atoms with van der Waals surface area (Å²) in [6.45, 7) is 0. The van der Waals surface area contributed by atoms with Crippen LogP contribution in [0.15, 0.2) is 66.7 Å². The molecule has 0 spiro atoms. The lowest BCUT2D eigenvalue weighted by molar-refractivity contribution is 0.0696. The number of nitrogens with zero attached hydrogens (tertiary/aromatic N) is 1. The number of carbonyl (C=O) groups is 3. The zero-order valence-electron chi connectivity index (χ0n) is 13.9. The van der Waals surface area contributed by atoms with Gasteiger partial charge in [-0.05, 0) is 41.5 Å². The van der Waals surface area contributed by atoms with E-state index in [1.165, 1.54) is 24.3 Å². The third kappa shape index (κ3) is 2.64. The molecule has 0 bridgehead atoms. The molecule has 2 amide bonds. The number of phenols is 1. The fourth-order valence-corrected chi connectivity index (χ4v) is 3.11. The normalized spacial score (nSPS) is 13.0. The van der Waals surface area contributed by atoms with Gasteiger partial charge in [-0.2, -0.15) is 0 Å². The zero-order valence-corrected chi connectivity index (χ0v) is 13.9. The quantitative estimate of drug-likeness (QED) is 0.697. The number of imide groups is 1. The summed E-state index contributed by atoms with van der Waals surface area (Å²) in [5.41, 5.74) is 1.67. The van der Waals surface area contributed by atoms with Crippen molar-refractivity contribution < 1.29 is 24.6 Å². The molecule has 0 aromatic heterocycles. The maximum Gasteiger partial charge on any atom is 0.335 e. The second-order valence-corrected chi connectivity index (χ2v) is 6.08. The topological polar surface area (TPSA) is 94.9 Å². The van der Waals surface area contributed by atoms with E-state index in [1.807, 2.05) is 30.3 Å². The van der Waals surface area contributed by atoms with E-state index in [4.69, 9.17) is 5.11 Å². The average molecular weight is 359 g/mol. The number of benzene rings is 3. The van der Waals surface area contributed by atoms with E-state index in [1.54, 1.807) is 12.1 Å². The molecule has 1 aliphatic rings. The summed E-state index contributed by atoms with van der Waals surface area (Å²) < 4.78 is 0. The van der Waals surface area contributed by atoms with E-state index in [9.17, 15) is 19.5 Å². The minimum absolute atomic E-state index is 0.00409. The van der Waals surface area contributed by atoms with Gasteiger partial charge in [-0.25, -0.2) is 9.69 Å². The summed E-state index contributed by atoms with van der Waals surface area (Å²) in [5.74, 6) is -2.68. The Bertz CT molecular complexity index is 1100. The van der Waals surface area contributed by atoms with Gasteiger partial charge in [-0.1, -0.05) is 36.4 Å². The van der Waals surface area contributed by atoms with Gasteiger partial charge >= 0.3 is 5.97 Å². The smallest absolute Gasteiger partial charge is 0.335 e. The molecule has 2 N–H and O–H groups in total. The van der Waals surface area contributed by atoms with E-state index in [2.05, 4.69) is 0 Å². The van der Waals surface area contributed by atoms with Crippen LogP contribution in [0.5, 0.6) is 5.75 Å². The van der Waals surface area contributed by atoms with E-state index < -0.39 is 17.8 Å². The molecule has 6 heteroatoms. The maximum atomic E-state index is 12.8. The number of amides is 2. The Morgan fingerprint density at radius 3 is 2.19 bits per heavy atom. The molecule has 0 saturated carbocycles. The Kier molecular flexibility index (Phi) is 3.74. The first kappa shape index (κ1) is 16.5. The number of carboxylic acid groups (broad SMARTS) is 1. The minimum atomic E-state index is -1.19. The third-order valence-electron chi connectivity index (χ3n) is 4.46. The summed E-state index contributed by atoms with van der Waals surface area (Å²) in [4.78, 5) is 37.5. The summed E-state index contributed by atoms with van der Waals surface area (Å²) >= 11 is 0. The molecule has 1 aliphatic heterocycles. The molecule has 27 heavy (non-hydrogen) atoms. The van der Waals surface area contributed by atoms with Gasteiger partial charge in [0.15, 0.2) is 0 Å². The molecule has 0 radical (unpaired) electrons. The molecular formula is C21H13NO5. The maximum absolute atomic E-state index is 12.8. The zero-order chi connectivity index (χ0) is 19.1. The molecule has 0 atom stereocenters. The van der Waals surface area contributed by atoms with Crippen LogP contribution in [0.2, 0.25) is 0 Å². The summed E-state index contributed by atoms with van der Waals surface area (Å²) in [6.07, 6.45) is 0. The van der Waals surface area contributed by atoms with Gasteiger partial charge in [0.25, 0.3) is 11.8 Å². The number of hydrogen-bond donors (Lipinski definition) is 2. The number of rotatable bonds is 3. The molecule has 0 unspecified atom stereocenters. The van der Waals surface area contributed by atoms with Crippen molar-refractivity contribution in [3.05, 3.63) is 83.4 Å². The number of fused-ring (bicyclic) bond motifs is 1. The monoisotopic (exact) mass is 359 g/mol. The number of carboxylic acids is 1. The second-order valence-electron chi connectivity index (χ2n) is 6.08. The molecule has 4 rings (SSSR count). The van der Waals surface area contributed by atoms with Crippen LogP contribution in [0.1, 0.15) is 31.1 Å². The molecule has 0 fully saturated rings. The highest BCUT2D eigenvalue weighted by molar-refractivity contribution is 6.35. The fraction of sp³-hybridized carbons (Fsp3) is 0. The lowest BCUT2D eigenvalue weighted by Crippen LogP contribution is -2.29. The van der Waals surface area contributed by atoms with Crippen molar-refractivity contribution in [2.75, 3.05) is 4.90 Å². The second kappa shape index (κ2) is 6.10. The Hall–Kier alpha value is -3.93. The van der Waals surface area contributed by atoms with Gasteiger partial charge in [-0.15, -0.1) is 0 Å². The highest BCUT2D eigenvalue weighted by Crippen LogP contribution is 2.37. The predicted molar refractivity (Wildman–Crippen MR) is 98.1 cm³/mol. The van der Waals surface area contributed by atoms with Gasteiger partial charge in [0, 0.05) is 0 Å². The van der Waals surface area contributed by atoms with Gasteiger partial charge in [0.05, 0.1) is 22.4 Å². The van der Waals surface area contributed by atoms with Crippen LogP contribution in [-0.4, -0.2) is 28.0 Å². The number of carbonyl (C=O) groups excluding carboxylic acids is 2. The van der Waals surface area contributed by atoms with Crippen molar-refractivity contribution >= 4 is 23.5 Å².